The van der Waals surface area contributed by atoms with Crippen LogP contribution in [-0.2, 0) is 21.2 Å². The molecular weight excluding hydrogens is 240 g/mol. The summed E-state index contributed by atoms with van der Waals surface area (Å²) in [6.45, 7) is 2.55. The Morgan fingerprint density at radius 1 is 1.41 bits per heavy atom. The van der Waals surface area contributed by atoms with E-state index in [9.17, 15) is 8.42 Å². The molecule has 0 heterocycles. The van der Waals surface area contributed by atoms with Crippen molar-refractivity contribution in [1.82, 2.24) is 4.72 Å². The smallest absolute Gasteiger partial charge is 0.240 e. The highest BCUT2D eigenvalue weighted by atomic mass is 32.2. The zero-order chi connectivity index (χ0) is 12.9. The van der Waals surface area contributed by atoms with Crippen LogP contribution in [-0.4, -0.2) is 28.7 Å². The molecule has 0 radical (unpaired) electrons. The number of nitrogens with two attached hydrogens (primary N) is 1. The number of anilines is 1. The molecule has 96 valence electrons. The number of aryl methyl sites for hydroxylation is 1. The fourth-order valence-electron chi connectivity index (χ4n) is 1.42. The second-order valence-electron chi connectivity index (χ2n) is 3.60. The number of hydrogen-bond acceptors (Lipinski definition) is 4. The van der Waals surface area contributed by atoms with Crippen molar-refractivity contribution >= 4 is 15.7 Å². The molecular formula is C11H18N2O3S. The first kappa shape index (κ1) is 14.0. The second-order valence-corrected chi connectivity index (χ2v) is 5.37. The minimum atomic E-state index is -3.49. The molecule has 0 atom stereocenters. The molecule has 0 spiro atoms. The zero-order valence-corrected chi connectivity index (χ0v) is 10.9. The number of methoxy groups -OCH3 is 1. The van der Waals surface area contributed by atoms with Crippen molar-refractivity contribution < 1.29 is 13.2 Å². The molecule has 0 fully saturated rings. The van der Waals surface area contributed by atoms with Crippen molar-refractivity contribution in [1.29, 1.82) is 0 Å². The van der Waals surface area contributed by atoms with E-state index in [-0.39, 0.29) is 11.4 Å². The summed E-state index contributed by atoms with van der Waals surface area (Å²) >= 11 is 0. The molecule has 5 nitrogen and oxygen atoms in total. The van der Waals surface area contributed by atoms with E-state index in [4.69, 9.17) is 10.5 Å². The summed E-state index contributed by atoms with van der Waals surface area (Å²) in [7, 11) is -1.97. The lowest BCUT2D eigenvalue weighted by molar-refractivity contribution is 0.204. The predicted octanol–water partition coefficient (Wildman–Crippen LogP) is 0.756. The van der Waals surface area contributed by atoms with Crippen molar-refractivity contribution in [2.45, 2.75) is 18.2 Å². The van der Waals surface area contributed by atoms with E-state index >= 15 is 0 Å². The molecule has 0 amide bonds. The van der Waals surface area contributed by atoms with Gasteiger partial charge >= 0.3 is 0 Å². The molecule has 0 aliphatic heterocycles. The van der Waals surface area contributed by atoms with Gasteiger partial charge in [0.05, 0.1) is 11.5 Å². The lowest BCUT2D eigenvalue weighted by atomic mass is 10.1. The van der Waals surface area contributed by atoms with Gasteiger partial charge in [-0.2, -0.15) is 0 Å². The summed E-state index contributed by atoms with van der Waals surface area (Å²) in [5.41, 5.74) is 7.21. The molecule has 3 N–H and O–H groups in total. The fraction of sp³-hybridized carbons (Fsp3) is 0.455. The molecule has 0 aliphatic carbocycles. The van der Waals surface area contributed by atoms with Gasteiger partial charge < -0.3 is 10.5 Å². The van der Waals surface area contributed by atoms with E-state index in [1.807, 2.05) is 6.92 Å². The highest BCUT2D eigenvalue weighted by Crippen LogP contribution is 2.18. The van der Waals surface area contributed by atoms with Crippen LogP contribution in [0, 0.1) is 0 Å². The van der Waals surface area contributed by atoms with E-state index in [1.165, 1.54) is 13.2 Å². The topological polar surface area (TPSA) is 81.4 Å². The monoisotopic (exact) mass is 258 g/mol. The maximum absolute atomic E-state index is 11.8. The summed E-state index contributed by atoms with van der Waals surface area (Å²) in [6, 6.07) is 4.78. The lowest BCUT2D eigenvalue weighted by Crippen LogP contribution is -2.27. The van der Waals surface area contributed by atoms with E-state index in [0.717, 1.165) is 12.0 Å². The first-order chi connectivity index (χ1) is 8.01. The van der Waals surface area contributed by atoms with Crippen molar-refractivity contribution in [3.05, 3.63) is 23.8 Å². The van der Waals surface area contributed by atoms with Crippen LogP contribution in [0.1, 0.15) is 12.5 Å². The van der Waals surface area contributed by atoms with Gasteiger partial charge in [-0.1, -0.05) is 13.0 Å². The number of ether oxygens (including phenoxy) is 1. The normalized spacial score (nSPS) is 11.6. The van der Waals surface area contributed by atoms with E-state index in [0.29, 0.717) is 12.3 Å². The maximum atomic E-state index is 11.8. The molecule has 0 unspecified atom stereocenters. The van der Waals surface area contributed by atoms with Crippen LogP contribution in [0.5, 0.6) is 0 Å². The predicted molar refractivity (Wildman–Crippen MR) is 67.3 cm³/mol. The van der Waals surface area contributed by atoms with Crippen molar-refractivity contribution in [3.63, 3.8) is 0 Å². The largest absolute Gasteiger partial charge is 0.398 e. The Labute approximate surface area is 102 Å². The quantitative estimate of drug-likeness (QED) is 0.583. The SMILES string of the molecule is CCc1ccc(S(=O)(=O)NCCOC)cc1N. The van der Waals surface area contributed by atoms with Crippen LogP contribution in [0.15, 0.2) is 23.1 Å². The van der Waals surface area contributed by atoms with Gasteiger partial charge in [0.2, 0.25) is 10.0 Å². The van der Waals surface area contributed by atoms with Gasteiger partial charge in [-0.25, -0.2) is 13.1 Å². The number of benzene rings is 1. The van der Waals surface area contributed by atoms with Crippen molar-refractivity contribution in [3.8, 4) is 0 Å². The molecule has 6 heteroatoms. The van der Waals surface area contributed by atoms with Crippen LogP contribution in [0.4, 0.5) is 5.69 Å². The van der Waals surface area contributed by atoms with Gasteiger partial charge in [0.1, 0.15) is 0 Å². The Bertz CT molecular complexity index is 472. The molecule has 0 bridgehead atoms. The Morgan fingerprint density at radius 3 is 2.65 bits per heavy atom. The van der Waals surface area contributed by atoms with Gasteiger partial charge in [0.25, 0.3) is 0 Å². The van der Waals surface area contributed by atoms with E-state index in [2.05, 4.69) is 4.72 Å². The number of nitrogens with one attached hydrogen (secondary N) is 1. The minimum Gasteiger partial charge on any atom is -0.398 e. The first-order valence-electron chi connectivity index (χ1n) is 5.38. The third-order valence-electron chi connectivity index (χ3n) is 2.41. The summed E-state index contributed by atoms with van der Waals surface area (Å²) < 4.78 is 30.9. The Balaban J connectivity index is 2.88. The van der Waals surface area contributed by atoms with Crippen LogP contribution >= 0.6 is 0 Å². The van der Waals surface area contributed by atoms with E-state index in [1.54, 1.807) is 12.1 Å². The van der Waals surface area contributed by atoms with Gasteiger partial charge in [-0.3, -0.25) is 0 Å². The van der Waals surface area contributed by atoms with Crippen LogP contribution in [0.3, 0.4) is 0 Å². The molecule has 0 saturated carbocycles. The fourth-order valence-corrected chi connectivity index (χ4v) is 2.47. The molecule has 1 aromatic rings. The van der Waals surface area contributed by atoms with Crippen LogP contribution < -0.4 is 10.5 Å². The van der Waals surface area contributed by atoms with Crippen molar-refractivity contribution in [2.24, 2.45) is 0 Å². The maximum Gasteiger partial charge on any atom is 0.240 e. The van der Waals surface area contributed by atoms with Gasteiger partial charge in [-0.05, 0) is 24.1 Å². The number of sulfonamides is 1. The van der Waals surface area contributed by atoms with Crippen LogP contribution in [0.25, 0.3) is 0 Å². The van der Waals surface area contributed by atoms with Gasteiger partial charge in [-0.15, -0.1) is 0 Å². The standard InChI is InChI=1S/C11H18N2O3S/c1-3-9-4-5-10(8-11(9)12)17(14,15)13-6-7-16-2/h4-5,8,13H,3,6-7,12H2,1-2H3. The Morgan fingerprint density at radius 2 is 2.12 bits per heavy atom. The van der Waals surface area contributed by atoms with Gasteiger partial charge in [0, 0.05) is 19.3 Å². The summed E-state index contributed by atoms with van der Waals surface area (Å²) in [4.78, 5) is 0.184. The summed E-state index contributed by atoms with van der Waals surface area (Å²) in [5, 5.41) is 0. The lowest BCUT2D eigenvalue weighted by Gasteiger charge is -2.09. The molecule has 0 aromatic heterocycles. The molecule has 0 aliphatic rings. The third kappa shape index (κ3) is 3.69. The van der Waals surface area contributed by atoms with E-state index < -0.39 is 10.0 Å². The number of hydrogen-bond donors (Lipinski definition) is 2. The average Bonchev–Trinajstić information content (AvgIpc) is 2.29. The first-order valence-corrected chi connectivity index (χ1v) is 6.86. The molecule has 17 heavy (non-hydrogen) atoms. The van der Waals surface area contributed by atoms with Gasteiger partial charge in [0.15, 0.2) is 0 Å². The summed E-state index contributed by atoms with van der Waals surface area (Å²) in [6.07, 6.45) is 0.781. The second kappa shape index (κ2) is 6.00. The molecule has 1 aromatic carbocycles. The number of nitrogen functional groups attached to an aromatic ring is 1. The minimum absolute atomic E-state index is 0.184. The molecule has 1 rings (SSSR count). The molecule has 0 saturated heterocycles. The highest BCUT2D eigenvalue weighted by molar-refractivity contribution is 7.89. The zero-order valence-electron chi connectivity index (χ0n) is 10.1. The highest BCUT2D eigenvalue weighted by Gasteiger charge is 2.14. The van der Waals surface area contributed by atoms with Crippen LogP contribution in [0.2, 0.25) is 0 Å². The average molecular weight is 258 g/mol. The Kier molecular flexibility index (Phi) is 4.92. The summed E-state index contributed by atoms with van der Waals surface area (Å²) in [5.74, 6) is 0. The third-order valence-corrected chi connectivity index (χ3v) is 3.87. The van der Waals surface area contributed by atoms with Crippen molar-refractivity contribution in [2.75, 3.05) is 26.0 Å². The Hall–Kier alpha value is -1.11. The number of rotatable bonds is 6.